The van der Waals surface area contributed by atoms with Crippen LogP contribution in [0.5, 0.6) is 0 Å². The molecule has 1 aromatic heterocycles. The van der Waals surface area contributed by atoms with Gasteiger partial charge in [0.05, 0.1) is 22.8 Å². The van der Waals surface area contributed by atoms with Crippen molar-refractivity contribution in [1.82, 2.24) is 9.88 Å². The SMILES string of the molecule is N#C[C@@H](C(=O)C1CCN(CC(F)(F)F)CC1)c1nc2ccccc2s1. The standard InChI is InChI=1S/C17H16F3N3OS/c18-17(19,20)10-23-7-5-11(6-8-23)15(24)12(9-21)16-22-13-3-1-2-4-14(13)25-16/h1-4,11-12H,5-8,10H2/t12-/m0/s1. The molecule has 25 heavy (non-hydrogen) atoms. The van der Waals surface area contributed by atoms with Gasteiger partial charge in [0.1, 0.15) is 5.01 Å². The first kappa shape index (κ1) is 17.8. The fourth-order valence-electron chi connectivity index (χ4n) is 3.12. The van der Waals surface area contributed by atoms with Crippen LogP contribution in [-0.4, -0.2) is 41.5 Å². The Kier molecular flexibility index (Phi) is 5.06. The number of carbonyl (C=O) groups excluding carboxylic acids is 1. The number of alkyl halides is 3. The van der Waals surface area contributed by atoms with E-state index in [-0.39, 0.29) is 24.8 Å². The first-order valence-electron chi connectivity index (χ1n) is 7.95. The van der Waals surface area contributed by atoms with Crippen LogP contribution in [0.25, 0.3) is 10.2 Å². The lowest BCUT2D eigenvalue weighted by Crippen LogP contribution is -2.42. The molecule has 0 aliphatic carbocycles. The smallest absolute Gasteiger partial charge is 0.297 e. The Labute approximate surface area is 146 Å². The number of Topliss-reactive ketones (excluding diaryl/α,β-unsaturated/α-hetero) is 1. The van der Waals surface area contributed by atoms with Crippen molar-refractivity contribution in [2.75, 3.05) is 19.6 Å². The van der Waals surface area contributed by atoms with Gasteiger partial charge in [-0.2, -0.15) is 18.4 Å². The molecule has 1 fully saturated rings. The lowest BCUT2D eigenvalue weighted by atomic mass is 9.86. The van der Waals surface area contributed by atoms with Gasteiger partial charge in [-0.1, -0.05) is 12.1 Å². The lowest BCUT2D eigenvalue weighted by Gasteiger charge is -2.32. The Hall–Kier alpha value is -1.98. The number of aromatic nitrogens is 1. The van der Waals surface area contributed by atoms with Crippen LogP contribution in [0.1, 0.15) is 23.8 Å². The molecule has 0 N–H and O–H groups in total. The van der Waals surface area contributed by atoms with E-state index in [1.807, 2.05) is 30.3 Å². The molecular formula is C17H16F3N3OS. The summed E-state index contributed by atoms with van der Waals surface area (Å²) in [4.78, 5) is 18.4. The zero-order valence-electron chi connectivity index (χ0n) is 13.3. The fourth-order valence-corrected chi connectivity index (χ4v) is 4.14. The summed E-state index contributed by atoms with van der Waals surface area (Å²) in [6.07, 6.45) is -3.54. The quantitative estimate of drug-likeness (QED) is 0.826. The highest BCUT2D eigenvalue weighted by molar-refractivity contribution is 7.18. The highest BCUT2D eigenvalue weighted by Gasteiger charge is 2.36. The Morgan fingerprint density at radius 3 is 2.64 bits per heavy atom. The molecule has 1 saturated heterocycles. The third-order valence-electron chi connectivity index (χ3n) is 4.36. The molecule has 0 spiro atoms. The molecule has 3 rings (SSSR count). The molecule has 1 aliphatic heterocycles. The second kappa shape index (κ2) is 7.10. The minimum atomic E-state index is -4.23. The van der Waals surface area contributed by atoms with Gasteiger partial charge in [0, 0.05) is 5.92 Å². The second-order valence-electron chi connectivity index (χ2n) is 6.15. The molecule has 2 aromatic rings. The second-order valence-corrected chi connectivity index (χ2v) is 7.21. The third kappa shape index (κ3) is 4.17. The number of para-hydroxylation sites is 1. The zero-order chi connectivity index (χ0) is 18.0. The first-order valence-corrected chi connectivity index (χ1v) is 8.77. The van der Waals surface area contributed by atoms with Crippen LogP contribution < -0.4 is 0 Å². The maximum absolute atomic E-state index is 12.7. The number of benzene rings is 1. The topological polar surface area (TPSA) is 57.0 Å². The molecule has 0 saturated carbocycles. The van der Waals surface area contributed by atoms with Gasteiger partial charge >= 0.3 is 6.18 Å². The minimum Gasteiger partial charge on any atom is -0.297 e. The number of likely N-dealkylation sites (tertiary alicyclic amines) is 1. The summed E-state index contributed by atoms with van der Waals surface area (Å²) in [5.74, 6) is -1.56. The van der Waals surface area contributed by atoms with E-state index in [4.69, 9.17) is 0 Å². The van der Waals surface area contributed by atoms with E-state index < -0.39 is 18.6 Å². The van der Waals surface area contributed by atoms with Crippen LogP contribution >= 0.6 is 11.3 Å². The number of hydrogen-bond acceptors (Lipinski definition) is 5. The van der Waals surface area contributed by atoms with Crippen LogP contribution in [0.4, 0.5) is 13.2 Å². The minimum absolute atomic E-state index is 0.216. The predicted molar refractivity (Wildman–Crippen MR) is 88.2 cm³/mol. The van der Waals surface area contributed by atoms with E-state index in [9.17, 15) is 23.2 Å². The van der Waals surface area contributed by atoms with Gasteiger partial charge in [0.2, 0.25) is 0 Å². The highest BCUT2D eigenvalue weighted by Crippen LogP contribution is 2.32. The number of hydrogen-bond donors (Lipinski definition) is 0. The van der Waals surface area contributed by atoms with Crippen molar-refractivity contribution >= 4 is 27.3 Å². The normalized spacial score (nSPS) is 18.2. The Balaban J connectivity index is 1.68. The monoisotopic (exact) mass is 367 g/mol. The van der Waals surface area contributed by atoms with Gasteiger partial charge in [0.15, 0.2) is 11.7 Å². The lowest BCUT2D eigenvalue weighted by molar-refractivity contribution is -0.149. The van der Waals surface area contributed by atoms with Gasteiger partial charge in [0.25, 0.3) is 0 Å². The Morgan fingerprint density at radius 2 is 2.04 bits per heavy atom. The largest absolute Gasteiger partial charge is 0.401 e. The van der Waals surface area contributed by atoms with Gasteiger partial charge in [-0.3, -0.25) is 9.69 Å². The van der Waals surface area contributed by atoms with Crippen LogP contribution in [0.2, 0.25) is 0 Å². The van der Waals surface area contributed by atoms with Crippen LogP contribution in [0.3, 0.4) is 0 Å². The molecule has 132 valence electrons. The van der Waals surface area contributed by atoms with E-state index in [1.54, 1.807) is 0 Å². The number of thiazole rings is 1. The summed E-state index contributed by atoms with van der Waals surface area (Å²) in [7, 11) is 0. The molecule has 1 aromatic carbocycles. The Bertz CT molecular complexity index is 770. The summed E-state index contributed by atoms with van der Waals surface area (Å²) in [5.41, 5.74) is 0.746. The maximum atomic E-state index is 12.7. The predicted octanol–water partition coefficient (Wildman–Crippen LogP) is 3.75. The van der Waals surface area contributed by atoms with E-state index >= 15 is 0 Å². The number of halogens is 3. The van der Waals surface area contributed by atoms with Gasteiger partial charge < -0.3 is 0 Å². The summed E-state index contributed by atoms with van der Waals surface area (Å²) in [6, 6.07) is 9.44. The van der Waals surface area contributed by atoms with Gasteiger partial charge in [-0.25, -0.2) is 4.98 Å². The maximum Gasteiger partial charge on any atom is 0.401 e. The first-order chi connectivity index (χ1) is 11.9. The van der Waals surface area contributed by atoms with Crippen molar-refractivity contribution in [3.8, 4) is 6.07 Å². The number of ketones is 1. The Morgan fingerprint density at radius 1 is 1.36 bits per heavy atom. The number of piperidine rings is 1. The average molecular weight is 367 g/mol. The molecule has 8 heteroatoms. The molecule has 1 aliphatic rings. The van der Waals surface area contributed by atoms with E-state index in [1.165, 1.54) is 16.2 Å². The zero-order valence-corrected chi connectivity index (χ0v) is 14.1. The number of rotatable bonds is 4. The van der Waals surface area contributed by atoms with Crippen LogP contribution in [-0.2, 0) is 4.79 Å². The summed E-state index contributed by atoms with van der Waals surface area (Å²) < 4.78 is 38.2. The van der Waals surface area contributed by atoms with E-state index in [2.05, 4.69) is 4.98 Å². The summed E-state index contributed by atoms with van der Waals surface area (Å²) >= 11 is 1.32. The fraction of sp³-hybridized carbons (Fsp3) is 0.471. The van der Waals surface area contributed by atoms with Crippen molar-refractivity contribution in [1.29, 1.82) is 5.26 Å². The molecular weight excluding hydrogens is 351 g/mol. The number of nitrogens with zero attached hydrogens (tertiary/aromatic N) is 3. The van der Waals surface area contributed by atoms with E-state index in [0.29, 0.717) is 17.8 Å². The molecule has 0 amide bonds. The van der Waals surface area contributed by atoms with Crippen LogP contribution in [0, 0.1) is 17.2 Å². The number of fused-ring (bicyclic) bond motifs is 1. The van der Waals surface area contributed by atoms with E-state index in [0.717, 1.165) is 10.2 Å². The van der Waals surface area contributed by atoms with Crippen molar-refractivity contribution < 1.29 is 18.0 Å². The third-order valence-corrected chi connectivity index (χ3v) is 5.47. The van der Waals surface area contributed by atoms with Gasteiger partial charge in [-0.15, -0.1) is 11.3 Å². The molecule has 4 nitrogen and oxygen atoms in total. The molecule has 0 bridgehead atoms. The summed E-state index contributed by atoms with van der Waals surface area (Å²) in [6.45, 7) is -0.519. The van der Waals surface area contributed by atoms with Crippen molar-refractivity contribution in [3.05, 3.63) is 29.3 Å². The van der Waals surface area contributed by atoms with Gasteiger partial charge in [-0.05, 0) is 38.1 Å². The molecule has 0 unspecified atom stereocenters. The van der Waals surface area contributed by atoms with Crippen LogP contribution in [0.15, 0.2) is 24.3 Å². The van der Waals surface area contributed by atoms with Crippen molar-refractivity contribution in [3.63, 3.8) is 0 Å². The highest BCUT2D eigenvalue weighted by atomic mass is 32.1. The molecule has 2 heterocycles. The molecule has 0 radical (unpaired) electrons. The average Bonchev–Trinajstić information content (AvgIpc) is 2.98. The number of carbonyl (C=O) groups is 1. The molecule has 1 atom stereocenters. The van der Waals surface area contributed by atoms with Crippen molar-refractivity contribution in [2.24, 2.45) is 5.92 Å². The summed E-state index contributed by atoms with van der Waals surface area (Å²) in [5, 5.41) is 9.91. The number of nitriles is 1. The van der Waals surface area contributed by atoms with Crippen molar-refractivity contribution in [2.45, 2.75) is 24.9 Å².